The third kappa shape index (κ3) is 5.17. The van der Waals surface area contributed by atoms with E-state index >= 15 is 0 Å². The lowest BCUT2D eigenvalue weighted by Crippen LogP contribution is -2.14. The zero-order valence-electron chi connectivity index (χ0n) is 19.4. The molecule has 1 heterocycles. The van der Waals surface area contributed by atoms with Crippen LogP contribution in [0, 0.1) is 6.92 Å². The van der Waals surface area contributed by atoms with Gasteiger partial charge in [0.25, 0.3) is 10.0 Å². The number of halogens is 2. The van der Waals surface area contributed by atoms with Gasteiger partial charge in [-0.15, -0.1) is 10.2 Å². The van der Waals surface area contributed by atoms with Gasteiger partial charge in [0.05, 0.1) is 14.9 Å². The highest BCUT2D eigenvalue weighted by Crippen LogP contribution is 2.34. The molecule has 0 aliphatic heterocycles. The van der Waals surface area contributed by atoms with Crippen LogP contribution in [-0.4, -0.2) is 23.7 Å². The third-order valence-corrected chi connectivity index (χ3v) is 8.00. The van der Waals surface area contributed by atoms with Gasteiger partial charge in [0.15, 0.2) is 5.82 Å². The lowest BCUT2D eigenvalue weighted by Gasteiger charge is -2.14. The molecule has 1 aromatic heterocycles. The number of rotatable bonds is 6. The summed E-state index contributed by atoms with van der Waals surface area (Å²) in [5.41, 5.74) is 2.75. The molecular formula is C27H20Cl2N4O3S. The number of phenolic OH excluding ortho intramolecular Hbond substituents is 1. The average molecular weight is 551 g/mol. The van der Waals surface area contributed by atoms with E-state index < -0.39 is 10.0 Å². The lowest BCUT2D eigenvalue weighted by molar-refractivity contribution is 0.475. The SMILES string of the molecule is Cc1ccc(-c2nnc(Nc3ccc(Cl)c(Cl)c3)c3ccccc23)cc1S(=O)(=O)Nc1ccc(O)cc1. The zero-order valence-corrected chi connectivity index (χ0v) is 21.7. The molecule has 0 aliphatic carbocycles. The van der Waals surface area contributed by atoms with E-state index in [0.29, 0.717) is 44.1 Å². The first-order chi connectivity index (χ1) is 17.7. The maximum Gasteiger partial charge on any atom is 0.262 e. The number of fused-ring (bicyclic) bond motifs is 1. The fraction of sp³-hybridized carbons (Fsp3) is 0.0370. The molecule has 37 heavy (non-hydrogen) atoms. The summed E-state index contributed by atoms with van der Waals surface area (Å²) in [4.78, 5) is 0.113. The number of hydrogen-bond donors (Lipinski definition) is 3. The minimum absolute atomic E-state index is 0.0451. The molecular weight excluding hydrogens is 531 g/mol. The van der Waals surface area contributed by atoms with E-state index in [-0.39, 0.29) is 10.6 Å². The average Bonchev–Trinajstić information content (AvgIpc) is 2.88. The molecule has 0 saturated carbocycles. The molecule has 0 unspecified atom stereocenters. The molecule has 0 fully saturated rings. The van der Waals surface area contributed by atoms with E-state index in [4.69, 9.17) is 23.2 Å². The van der Waals surface area contributed by atoms with Crippen LogP contribution in [0.4, 0.5) is 17.2 Å². The van der Waals surface area contributed by atoms with Gasteiger partial charge in [-0.05, 0) is 61.0 Å². The monoisotopic (exact) mass is 550 g/mol. The Morgan fingerprint density at radius 2 is 1.49 bits per heavy atom. The van der Waals surface area contributed by atoms with E-state index in [1.54, 1.807) is 37.3 Å². The number of benzene rings is 4. The van der Waals surface area contributed by atoms with Crippen molar-refractivity contribution in [1.82, 2.24) is 10.2 Å². The number of nitrogens with one attached hydrogen (secondary N) is 2. The maximum atomic E-state index is 13.2. The van der Waals surface area contributed by atoms with Crippen LogP contribution in [0.2, 0.25) is 10.0 Å². The zero-order chi connectivity index (χ0) is 26.2. The molecule has 5 rings (SSSR count). The summed E-state index contributed by atoms with van der Waals surface area (Å²) in [7, 11) is -3.91. The lowest BCUT2D eigenvalue weighted by atomic mass is 10.0. The largest absolute Gasteiger partial charge is 0.508 e. The summed E-state index contributed by atoms with van der Waals surface area (Å²) in [6.07, 6.45) is 0. The molecule has 0 radical (unpaired) electrons. The van der Waals surface area contributed by atoms with Crippen molar-refractivity contribution in [1.29, 1.82) is 0 Å². The van der Waals surface area contributed by atoms with Crippen LogP contribution in [-0.2, 0) is 10.0 Å². The van der Waals surface area contributed by atoms with Crippen LogP contribution in [0.5, 0.6) is 5.75 Å². The Balaban J connectivity index is 1.55. The number of sulfonamides is 1. The van der Waals surface area contributed by atoms with Crippen molar-refractivity contribution in [2.24, 2.45) is 0 Å². The highest BCUT2D eigenvalue weighted by molar-refractivity contribution is 7.92. The molecule has 10 heteroatoms. The number of nitrogens with zero attached hydrogens (tertiary/aromatic N) is 2. The smallest absolute Gasteiger partial charge is 0.262 e. The Morgan fingerprint density at radius 3 is 2.22 bits per heavy atom. The Labute approximate surface area is 223 Å². The Bertz CT molecular complexity index is 1740. The van der Waals surface area contributed by atoms with E-state index in [1.807, 2.05) is 30.3 Å². The van der Waals surface area contributed by atoms with Gasteiger partial charge in [0, 0.05) is 27.7 Å². The van der Waals surface area contributed by atoms with Crippen molar-refractivity contribution < 1.29 is 13.5 Å². The highest BCUT2D eigenvalue weighted by Gasteiger charge is 2.20. The molecule has 0 amide bonds. The predicted octanol–water partition coefficient (Wildman–Crippen LogP) is 7.16. The Kier molecular flexibility index (Phi) is 6.64. The van der Waals surface area contributed by atoms with Crippen LogP contribution in [0.1, 0.15) is 5.56 Å². The molecule has 0 atom stereocenters. The first-order valence-electron chi connectivity index (χ1n) is 11.1. The summed E-state index contributed by atoms with van der Waals surface area (Å²) in [6, 6.07) is 23.7. The molecule has 3 N–H and O–H groups in total. The number of hydrogen-bond acceptors (Lipinski definition) is 6. The van der Waals surface area contributed by atoms with E-state index in [2.05, 4.69) is 20.2 Å². The van der Waals surface area contributed by atoms with Crippen molar-refractivity contribution in [2.45, 2.75) is 11.8 Å². The molecule has 0 saturated heterocycles. The van der Waals surface area contributed by atoms with Gasteiger partial charge in [-0.3, -0.25) is 4.72 Å². The van der Waals surface area contributed by atoms with Crippen molar-refractivity contribution >= 4 is 61.2 Å². The van der Waals surface area contributed by atoms with Crippen molar-refractivity contribution in [3.05, 3.63) is 101 Å². The Hall–Kier alpha value is -3.85. The van der Waals surface area contributed by atoms with Gasteiger partial charge in [-0.1, -0.05) is 59.6 Å². The summed E-state index contributed by atoms with van der Waals surface area (Å²) in [5, 5.41) is 24.0. The fourth-order valence-corrected chi connectivity index (χ4v) is 5.52. The van der Waals surface area contributed by atoms with Crippen LogP contribution in [0.25, 0.3) is 22.0 Å². The molecule has 5 aromatic rings. The number of aryl methyl sites for hydroxylation is 1. The van der Waals surface area contributed by atoms with Gasteiger partial charge >= 0.3 is 0 Å². The summed E-state index contributed by atoms with van der Waals surface area (Å²) in [5.74, 6) is 0.565. The van der Waals surface area contributed by atoms with E-state index in [0.717, 1.165) is 10.8 Å². The molecule has 0 spiro atoms. The topological polar surface area (TPSA) is 104 Å². The Morgan fingerprint density at radius 1 is 0.784 bits per heavy atom. The van der Waals surface area contributed by atoms with Crippen molar-refractivity contribution in [2.75, 3.05) is 10.0 Å². The van der Waals surface area contributed by atoms with Gasteiger partial charge in [0.2, 0.25) is 0 Å². The summed E-state index contributed by atoms with van der Waals surface area (Å²) >= 11 is 12.2. The third-order valence-electron chi connectivity index (χ3n) is 5.74. The van der Waals surface area contributed by atoms with Crippen LogP contribution >= 0.6 is 23.2 Å². The van der Waals surface area contributed by atoms with Gasteiger partial charge in [-0.2, -0.15) is 0 Å². The summed E-state index contributed by atoms with van der Waals surface area (Å²) < 4.78 is 29.0. The van der Waals surface area contributed by atoms with Crippen molar-refractivity contribution in [3.8, 4) is 17.0 Å². The second-order valence-electron chi connectivity index (χ2n) is 8.33. The van der Waals surface area contributed by atoms with E-state index in [1.165, 1.54) is 24.3 Å². The van der Waals surface area contributed by atoms with Gasteiger partial charge in [0.1, 0.15) is 11.4 Å². The van der Waals surface area contributed by atoms with Gasteiger partial charge < -0.3 is 10.4 Å². The number of anilines is 3. The quantitative estimate of drug-likeness (QED) is 0.194. The molecule has 0 aliphatic rings. The minimum atomic E-state index is -3.91. The molecule has 0 bridgehead atoms. The normalized spacial score (nSPS) is 11.4. The minimum Gasteiger partial charge on any atom is -0.508 e. The second kappa shape index (κ2) is 9.89. The van der Waals surface area contributed by atoms with Crippen LogP contribution < -0.4 is 10.0 Å². The van der Waals surface area contributed by atoms with E-state index in [9.17, 15) is 13.5 Å². The number of aromatic hydroxyl groups is 1. The van der Waals surface area contributed by atoms with Crippen molar-refractivity contribution in [3.63, 3.8) is 0 Å². The van der Waals surface area contributed by atoms with Crippen LogP contribution in [0.15, 0.2) is 89.8 Å². The fourth-order valence-electron chi connectivity index (χ4n) is 3.90. The van der Waals surface area contributed by atoms with Gasteiger partial charge in [-0.25, -0.2) is 8.42 Å². The van der Waals surface area contributed by atoms with Crippen LogP contribution in [0.3, 0.4) is 0 Å². The first kappa shape index (κ1) is 24.8. The molecule has 7 nitrogen and oxygen atoms in total. The maximum absolute atomic E-state index is 13.2. The second-order valence-corrected chi connectivity index (χ2v) is 10.8. The number of phenols is 1. The highest BCUT2D eigenvalue weighted by atomic mass is 35.5. The summed E-state index contributed by atoms with van der Waals surface area (Å²) in [6.45, 7) is 1.73. The molecule has 186 valence electrons. The predicted molar refractivity (Wildman–Crippen MR) is 148 cm³/mol. The first-order valence-corrected chi connectivity index (χ1v) is 13.4. The standard InChI is InChI=1S/C27H20Cl2N4O3S/c1-16-6-7-17(14-25(16)37(35,36)33-18-8-11-20(34)12-9-18)26-21-4-2-3-5-22(21)27(32-31-26)30-19-10-13-23(28)24(29)15-19/h2-15,33-34H,1H3,(H,30,32). The molecule has 4 aromatic carbocycles. The number of aromatic nitrogens is 2.